The summed E-state index contributed by atoms with van der Waals surface area (Å²) in [5.74, 6) is -0.639. The van der Waals surface area contributed by atoms with Crippen molar-refractivity contribution in [3.8, 4) is 0 Å². The van der Waals surface area contributed by atoms with Crippen LogP contribution < -0.4 is 10.0 Å². The van der Waals surface area contributed by atoms with E-state index >= 15 is 0 Å². The van der Waals surface area contributed by atoms with Gasteiger partial charge < -0.3 is 10.4 Å². The average Bonchev–Trinajstić information content (AvgIpc) is 3.04. The summed E-state index contributed by atoms with van der Waals surface area (Å²) in [5.41, 5.74) is 0.625. The van der Waals surface area contributed by atoms with Crippen LogP contribution in [0.1, 0.15) is 18.3 Å². The Morgan fingerprint density at radius 3 is 2.84 bits per heavy atom. The van der Waals surface area contributed by atoms with Gasteiger partial charge >= 0.3 is 0 Å². The molecule has 0 atom stereocenters. The van der Waals surface area contributed by atoms with Crippen molar-refractivity contribution in [3.05, 3.63) is 40.4 Å². The largest absolute Gasteiger partial charge is 0.374 e. The van der Waals surface area contributed by atoms with Crippen molar-refractivity contribution in [2.45, 2.75) is 13.5 Å². The molecule has 136 valence electrons. The van der Waals surface area contributed by atoms with Gasteiger partial charge in [-0.05, 0) is 30.3 Å². The Kier molecular flexibility index (Phi) is 6.42. The number of hydrogen-bond donors (Lipinski definition) is 3. The number of benzene rings is 1. The number of hydrogen-bond acceptors (Lipinski definition) is 7. The zero-order valence-electron chi connectivity index (χ0n) is 13.0. The normalized spacial score (nSPS) is 12.4. The van der Waals surface area contributed by atoms with Crippen molar-refractivity contribution in [2.24, 2.45) is 4.99 Å². The highest BCUT2D eigenvalue weighted by atomic mass is 35.5. The number of aliphatic hydroxyl groups excluding tert-OH is 1. The minimum atomic E-state index is -3.45. The molecule has 0 aliphatic rings. The maximum atomic E-state index is 13.2. The Bertz CT molecular complexity index is 871. The fourth-order valence-electron chi connectivity index (χ4n) is 1.74. The van der Waals surface area contributed by atoms with Crippen LogP contribution >= 0.6 is 11.6 Å². The predicted octanol–water partition coefficient (Wildman–Crippen LogP) is 1.11. The molecule has 0 saturated carbocycles. The maximum absolute atomic E-state index is 13.2. The SMILES string of the molecule is CCS(=O)(=O)NCc1nonc1/C(=N/CO)Nc1ccc(F)c(Cl)c1. The highest BCUT2D eigenvalue weighted by Crippen LogP contribution is 2.20. The van der Waals surface area contributed by atoms with Crippen LogP contribution in [0.2, 0.25) is 5.02 Å². The van der Waals surface area contributed by atoms with E-state index < -0.39 is 22.6 Å². The molecule has 0 unspecified atom stereocenters. The second kappa shape index (κ2) is 8.34. The lowest BCUT2D eigenvalue weighted by Crippen LogP contribution is -2.26. The summed E-state index contributed by atoms with van der Waals surface area (Å²) in [6, 6.07) is 3.87. The second-order valence-electron chi connectivity index (χ2n) is 4.69. The van der Waals surface area contributed by atoms with Gasteiger partial charge in [-0.15, -0.1) is 0 Å². The highest BCUT2D eigenvalue weighted by Gasteiger charge is 2.19. The number of amidine groups is 1. The van der Waals surface area contributed by atoms with Crippen LogP contribution in [0.4, 0.5) is 10.1 Å². The number of rotatable bonds is 7. The first-order valence-electron chi connectivity index (χ1n) is 7.02. The molecule has 9 nitrogen and oxygen atoms in total. The molecule has 0 saturated heterocycles. The summed E-state index contributed by atoms with van der Waals surface area (Å²) in [6.07, 6.45) is 0. The van der Waals surface area contributed by atoms with Gasteiger partial charge in [0.15, 0.2) is 11.5 Å². The topological polar surface area (TPSA) is 130 Å². The molecular formula is C13H15ClFN5O4S. The van der Waals surface area contributed by atoms with E-state index in [9.17, 15) is 12.8 Å². The van der Waals surface area contributed by atoms with Gasteiger partial charge in [-0.1, -0.05) is 16.8 Å². The number of nitrogens with zero attached hydrogens (tertiary/aromatic N) is 3. The standard InChI is InChI=1S/C13H15ClFN5O4S/c1-2-25(22,23)17-6-11-12(20-24-19-11)13(16-7-21)18-8-3-4-10(15)9(14)5-8/h3-5,17,21H,2,6-7H2,1H3,(H,16,18). The third kappa shape index (κ3) is 5.19. The predicted molar refractivity (Wildman–Crippen MR) is 89.3 cm³/mol. The first-order chi connectivity index (χ1) is 11.9. The van der Waals surface area contributed by atoms with Crippen LogP contribution in [0.5, 0.6) is 0 Å². The minimum absolute atomic E-state index is 0.0529. The molecule has 1 heterocycles. The van der Waals surface area contributed by atoms with Gasteiger partial charge in [0.25, 0.3) is 0 Å². The van der Waals surface area contributed by atoms with Gasteiger partial charge in [0, 0.05) is 5.69 Å². The molecule has 2 aromatic rings. The number of anilines is 1. The number of aliphatic hydroxyl groups is 1. The molecule has 0 aliphatic carbocycles. The fourth-order valence-corrected chi connectivity index (χ4v) is 2.48. The van der Waals surface area contributed by atoms with E-state index in [2.05, 4.69) is 30.0 Å². The minimum Gasteiger partial charge on any atom is -0.374 e. The van der Waals surface area contributed by atoms with Crippen LogP contribution in [-0.2, 0) is 16.6 Å². The molecule has 3 N–H and O–H groups in total. The van der Waals surface area contributed by atoms with Crippen LogP contribution in [-0.4, -0.2) is 42.2 Å². The monoisotopic (exact) mass is 391 g/mol. The number of aromatic nitrogens is 2. The first-order valence-corrected chi connectivity index (χ1v) is 9.05. The molecule has 0 spiro atoms. The average molecular weight is 392 g/mol. The van der Waals surface area contributed by atoms with E-state index in [4.69, 9.17) is 16.7 Å². The van der Waals surface area contributed by atoms with Gasteiger partial charge in [-0.3, -0.25) is 0 Å². The summed E-state index contributed by atoms with van der Waals surface area (Å²) < 4.78 is 43.3. The second-order valence-corrected chi connectivity index (χ2v) is 7.19. The quantitative estimate of drug-likeness (QED) is 0.476. The van der Waals surface area contributed by atoms with Crippen molar-refractivity contribution in [1.82, 2.24) is 15.0 Å². The summed E-state index contributed by atoms with van der Waals surface area (Å²) in [7, 11) is -3.45. The Hall–Kier alpha value is -2.08. The molecule has 25 heavy (non-hydrogen) atoms. The number of nitrogens with one attached hydrogen (secondary N) is 2. The third-order valence-corrected chi connectivity index (χ3v) is 4.67. The molecule has 2 rings (SSSR count). The van der Waals surface area contributed by atoms with Crippen LogP contribution in [0.15, 0.2) is 27.8 Å². The van der Waals surface area contributed by atoms with E-state index in [0.29, 0.717) is 5.69 Å². The molecule has 1 aromatic heterocycles. The lowest BCUT2D eigenvalue weighted by atomic mass is 10.2. The lowest BCUT2D eigenvalue weighted by molar-refractivity contribution is 0.301. The summed E-state index contributed by atoms with van der Waals surface area (Å²) in [5, 5.41) is 19.1. The zero-order valence-corrected chi connectivity index (χ0v) is 14.6. The number of halogens is 2. The summed E-state index contributed by atoms with van der Waals surface area (Å²) in [6.45, 7) is 0.734. The van der Waals surface area contributed by atoms with Gasteiger partial charge in [0.05, 0.1) is 17.3 Å². The molecule has 12 heteroatoms. The zero-order chi connectivity index (χ0) is 18.4. The maximum Gasteiger partial charge on any atom is 0.211 e. The molecule has 0 bridgehead atoms. The van der Waals surface area contributed by atoms with Crippen molar-refractivity contribution in [1.29, 1.82) is 0 Å². The third-order valence-electron chi connectivity index (χ3n) is 3.03. The fraction of sp³-hybridized carbons (Fsp3) is 0.308. The van der Waals surface area contributed by atoms with Gasteiger partial charge in [-0.25, -0.2) is 27.2 Å². The van der Waals surface area contributed by atoms with Gasteiger partial charge in [0.2, 0.25) is 10.0 Å². The molecule has 0 aliphatic heterocycles. The Morgan fingerprint density at radius 2 is 2.20 bits per heavy atom. The molecule has 1 aromatic carbocycles. The highest BCUT2D eigenvalue weighted by molar-refractivity contribution is 7.89. The summed E-state index contributed by atoms with van der Waals surface area (Å²) >= 11 is 5.72. The number of sulfonamides is 1. The number of aliphatic imine (C=N–C) groups is 1. The Balaban J connectivity index is 2.25. The van der Waals surface area contributed by atoms with Gasteiger partial charge in [0.1, 0.15) is 18.2 Å². The van der Waals surface area contributed by atoms with Crippen molar-refractivity contribution in [2.75, 3.05) is 17.8 Å². The van der Waals surface area contributed by atoms with Crippen LogP contribution in [0, 0.1) is 5.82 Å². The molecule has 0 amide bonds. The van der Waals surface area contributed by atoms with Crippen molar-refractivity contribution >= 4 is 33.1 Å². The van der Waals surface area contributed by atoms with Crippen LogP contribution in [0.25, 0.3) is 0 Å². The summed E-state index contributed by atoms with van der Waals surface area (Å²) in [4.78, 5) is 3.82. The van der Waals surface area contributed by atoms with Crippen molar-refractivity contribution < 1.29 is 22.5 Å². The van der Waals surface area contributed by atoms with E-state index in [0.717, 1.165) is 6.07 Å². The van der Waals surface area contributed by atoms with E-state index in [1.807, 2.05) is 0 Å². The smallest absolute Gasteiger partial charge is 0.211 e. The Labute approximate surface area is 147 Å². The van der Waals surface area contributed by atoms with E-state index in [-0.39, 0.29) is 34.5 Å². The molecule has 0 fully saturated rings. The molecular weight excluding hydrogens is 377 g/mol. The van der Waals surface area contributed by atoms with Gasteiger partial charge in [-0.2, -0.15) is 0 Å². The van der Waals surface area contributed by atoms with Crippen molar-refractivity contribution in [3.63, 3.8) is 0 Å². The Morgan fingerprint density at radius 1 is 1.44 bits per heavy atom. The van der Waals surface area contributed by atoms with Crippen LogP contribution in [0.3, 0.4) is 0 Å². The lowest BCUT2D eigenvalue weighted by Gasteiger charge is -2.09. The van der Waals surface area contributed by atoms with E-state index in [1.165, 1.54) is 19.1 Å². The van der Waals surface area contributed by atoms with E-state index in [1.54, 1.807) is 0 Å². The molecule has 0 radical (unpaired) electrons. The first kappa shape index (κ1) is 19.2.